The molecule has 0 aliphatic carbocycles. The van der Waals surface area contributed by atoms with Crippen LogP contribution in [0.4, 0.5) is 0 Å². The van der Waals surface area contributed by atoms with Crippen molar-refractivity contribution in [1.29, 1.82) is 0 Å². The first-order valence-electron chi connectivity index (χ1n) is 0.756. The predicted octanol–water partition coefficient (Wildman–Crippen LogP) is -4.48. The van der Waals surface area contributed by atoms with Gasteiger partial charge < -0.3 is 0 Å². The van der Waals surface area contributed by atoms with Gasteiger partial charge in [0.2, 0.25) is 0 Å². The Bertz CT molecular complexity index is 36.1. The van der Waals surface area contributed by atoms with Crippen LogP contribution < -0.4 is 0 Å². The van der Waals surface area contributed by atoms with Crippen LogP contribution in [0.5, 0.6) is 0 Å². The Morgan fingerprint density at radius 2 is 1.27 bits per heavy atom. The smallest absolute Gasteiger partial charge is 0 e. The van der Waals surface area contributed by atoms with Gasteiger partial charge in [0.15, 0.2) is 17.4 Å². The molecule has 0 spiro atoms. The van der Waals surface area contributed by atoms with E-state index in [1.54, 1.807) is 0 Å². The Labute approximate surface area is 197 Å². The van der Waals surface area contributed by atoms with Crippen LogP contribution in [0.15, 0.2) is 0 Å². The molecular formula is H11AlBCrErFeInMn2SiTiV. The summed E-state index contributed by atoms with van der Waals surface area (Å²) in [7, 11) is 1.40. The SMILES string of the molecule is [AlH3].[BH2][Mn][SiH3].[Cr].[Er].[Fe].[InH3].[Mn].[Ti].[V]. The van der Waals surface area contributed by atoms with Crippen molar-refractivity contribution in [1.82, 2.24) is 0 Å². The molecule has 0 aromatic carbocycles. The molecule has 0 aliphatic heterocycles. The Morgan fingerprint density at radius 3 is 1.27 bits per heavy atom. The van der Waals surface area contributed by atoms with Gasteiger partial charge in [-0.15, -0.1) is 0 Å². The fourth-order valence-corrected chi connectivity index (χ4v) is 0. The summed E-state index contributed by atoms with van der Waals surface area (Å²) >= 11 is 1.20. The molecule has 0 bridgehead atoms. The molecule has 0 aliphatic rings. The maximum Gasteiger partial charge on any atom is 0 e. The third kappa shape index (κ3) is 83.8. The van der Waals surface area contributed by atoms with E-state index in [2.05, 4.69) is 6.66 Å². The van der Waals surface area contributed by atoms with Gasteiger partial charge in [-0.3, -0.25) is 0 Å². The Hall–Kier alpha value is 6.32. The summed E-state index contributed by atoms with van der Waals surface area (Å²) in [4.78, 5) is 0. The molecule has 0 heterocycles. The van der Waals surface area contributed by atoms with Crippen LogP contribution in [0.1, 0.15) is 0 Å². The molecule has 0 unspecified atom stereocenters. The predicted molar refractivity (Wildman–Crippen MR) is 38.4 cm³/mol. The van der Waals surface area contributed by atoms with E-state index in [0.29, 0.717) is 0 Å². The summed E-state index contributed by atoms with van der Waals surface area (Å²) in [5, 5.41) is 0. The molecule has 0 aromatic heterocycles. The van der Waals surface area contributed by atoms with Crippen molar-refractivity contribution in [3.8, 4) is 0 Å². The van der Waals surface area contributed by atoms with Gasteiger partial charge in [-0.25, -0.2) is 0 Å². The van der Waals surface area contributed by atoms with Gasteiger partial charge in [0, 0.05) is 129 Å². The quantitative estimate of drug-likeness (QED) is 0.228. The minimum absolute atomic E-state index is 0. The Balaban J connectivity index is -0.000000000714. The van der Waals surface area contributed by atoms with Gasteiger partial charge in [-0.1, -0.05) is 0 Å². The minimum atomic E-state index is 0. The van der Waals surface area contributed by atoms with Gasteiger partial charge in [-0.2, -0.15) is 0 Å². The van der Waals surface area contributed by atoms with Crippen molar-refractivity contribution >= 4 is 58.7 Å². The number of hydrogen-bond donors (Lipinski definition) is 0. The van der Waals surface area contributed by atoms with E-state index in [1.807, 2.05) is 0 Å². The van der Waals surface area contributed by atoms with Crippen molar-refractivity contribution < 1.29 is 143 Å². The first-order chi connectivity index (χ1) is 1.41. The number of rotatable bonds is 0. The third-order valence-corrected chi connectivity index (χ3v) is 0. The van der Waals surface area contributed by atoms with E-state index < -0.39 is 0 Å². The van der Waals surface area contributed by atoms with E-state index in [9.17, 15) is 0 Å². The van der Waals surface area contributed by atoms with Gasteiger partial charge in [0.25, 0.3) is 0 Å². The summed E-state index contributed by atoms with van der Waals surface area (Å²) in [6, 6.07) is 0. The molecule has 0 amide bonds. The first kappa shape index (κ1) is 66.6. The molecule has 0 fully saturated rings. The van der Waals surface area contributed by atoms with E-state index >= 15 is 0 Å². The average molecular weight is 676 g/mol. The van der Waals surface area contributed by atoms with Crippen LogP contribution >= 0.6 is 0 Å². The second-order valence-electron chi connectivity index (χ2n) is 0.378. The van der Waals surface area contributed by atoms with Gasteiger partial charge in [0.1, 0.15) is 0 Å². The maximum absolute atomic E-state index is 2.22. The van der Waals surface area contributed by atoms with Gasteiger partial charge >= 0.3 is 55.5 Å². The van der Waals surface area contributed by atoms with Crippen molar-refractivity contribution in [2.75, 3.05) is 0 Å². The first-order valence-corrected chi connectivity index (χ1v) is 6.23. The zero-order valence-corrected chi connectivity index (χ0v) is 16.3. The Morgan fingerprint density at radius 1 is 1.27 bits per heavy atom. The molecular weight excluding hydrogens is 664 g/mol. The molecule has 73 valence electrons. The van der Waals surface area contributed by atoms with E-state index in [4.69, 9.17) is 0 Å². The molecule has 0 saturated carbocycles. The largest absolute Gasteiger partial charge is 0 e. The molecule has 0 N–H and O–H groups in total. The van der Waals surface area contributed by atoms with Crippen molar-refractivity contribution in [2.45, 2.75) is 0 Å². The second-order valence-corrected chi connectivity index (χ2v) is 4.68. The van der Waals surface area contributed by atoms with E-state index in [0.717, 1.165) is 0 Å². The molecule has 0 saturated heterocycles. The van der Waals surface area contributed by atoms with Gasteiger partial charge in [0.05, 0.1) is 0 Å². The summed E-state index contributed by atoms with van der Waals surface area (Å²) in [5.41, 5.74) is 0. The normalized spacial score (nSPS) is 1.82. The van der Waals surface area contributed by atoms with Crippen LogP contribution in [-0.2, 0) is 106 Å². The fraction of sp³-hybridized carbons (Fsp3) is 0. The summed E-state index contributed by atoms with van der Waals surface area (Å²) in [6.07, 6.45) is 0. The Kier molecular flexibility index (Phi) is 433. The summed E-state index contributed by atoms with van der Waals surface area (Å²) in [6.45, 7) is 2.22. The maximum atomic E-state index is 2.22. The second kappa shape index (κ2) is 71.5. The molecule has 0 nitrogen and oxygen atoms in total. The van der Waals surface area contributed by atoms with E-state index in [1.165, 1.54) is 23.0 Å². The average Bonchev–Trinajstić information content (AvgIpc) is 0.918. The van der Waals surface area contributed by atoms with E-state index in [-0.39, 0.29) is 172 Å². The van der Waals surface area contributed by atoms with Crippen LogP contribution in [0.3, 0.4) is 0 Å². The zero-order valence-electron chi connectivity index (χ0n) is 4.75. The zero-order chi connectivity index (χ0) is 2.71. The molecule has 11 heavy (non-hydrogen) atoms. The third-order valence-electron chi connectivity index (χ3n) is 0. The van der Waals surface area contributed by atoms with Gasteiger partial charge in [-0.05, 0) is 0 Å². The molecule has 0 aromatic rings. The standard InChI is InChI=1S/Al.BH2.Cr.Er.Fe.In.2Mn.H3Si.Ti.V.6H/h;1H2;;;;;;;1H3;;;;;;;;/q;+1;;;;;;-1;;;;;;;;;. The van der Waals surface area contributed by atoms with Crippen molar-refractivity contribution in [3.05, 3.63) is 0 Å². The summed E-state index contributed by atoms with van der Waals surface area (Å²) in [5.74, 6) is 0. The minimum Gasteiger partial charge on any atom is 0 e. The van der Waals surface area contributed by atoms with Crippen LogP contribution in [0.25, 0.3) is 0 Å². The van der Waals surface area contributed by atoms with Crippen molar-refractivity contribution in [3.63, 3.8) is 0 Å². The van der Waals surface area contributed by atoms with Crippen LogP contribution in [0.2, 0.25) is 0 Å². The topological polar surface area (TPSA) is 0 Å². The summed E-state index contributed by atoms with van der Waals surface area (Å²) < 4.78 is 0. The van der Waals surface area contributed by atoms with Crippen LogP contribution in [0, 0.1) is 37.3 Å². The molecule has 0 rings (SSSR count). The molecule has 2 radical (unpaired) electrons. The van der Waals surface area contributed by atoms with Crippen molar-refractivity contribution in [2.24, 2.45) is 0 Å². The molecule has 0 atom stereocenters. The fourth-order valence-electron chi connectivity index (χ4n) is 0. The monoisotopic (exact) mass is 675 g/mol. The van der Waals surface area contributed by atoms with Crippen LogP contribution in [-0.4, -0.2) is 58.7 Å². The molecule has 11 heteroatoms. The number of hydrogen-bond acceptors (Lipinski definition) is 0.